The first-order valence-electron chi connectivity index (χ1n) is 46.8. The topological polar surface area (TPSA) is 426 Å². The Morgan fingerprint density at radius 3 is 0.407 bits per heavy atom. The van der Waals surface area contributed by atoms with Crippen molar-refractivity contribution in [2.24, 2.45) is 0 Å². The summed E-state index contributed by atoms with van der Waals surface area (Å²) < 4.78 is 137. The molecule has 0 aliphatic carbocycles. The molecular formula is C114H108O36. The first kappa shape index (κ1) is 113. The molecule has 0 saturated carbocycles. The van der Waals surface area contributed by atoms with Crippen molar-refractivity contribution >= 4 is 104 Å². The van der Waals surface area contributed by atoms with Crippen LogP contribution >= 0.6 is 0 Å². The molecule has 150 heavy (non-hydrogen) atoms. The average molecular weight is 2050 g/mol. The molecule has 780 valence electrons. The van der Waals surface area contributed by atoms with Gasteiger partial charge < -0.3 is 114 Å². The van der Waals surface area contributed by atoms with E-state index < -0.39 is 106 Å². The van der Waals surface area contributed by atoms with E-state index in [1.54, 1.807) is 146 Å². The third-order valence-corrected chi connectivity index (χ3v) is 19.7. The second kappa shape index (κ2) is 63.3. The van der Waals surface area contributed by atoms with Crippen LogP contribution in [0.5, 0.6) is 103 Å². The van der Waals surface area contributed by atoms with E-state index in [0.717, 1.165) is 72.9 Å². The maximum Gasteiger partial charge on any atom is 0.336 e. The van der Waals surface area contributed by atoms with E-state index in [1.165, 1.54) is 72.9 Å². The fraction of sp³-hybridized carbons (Fsp3) is 0.211. The Morgan fingerprint density at radius 2 is 0.287 bits per heavy atom. The van der Waals surface area contributed by atoms with Gasteiger partial charge >= 0.3 is 71.6 Å². The molecule has 0 unspecified atom stereocenters. The zero-order valence-corrected chi connectivity index (χ0v) is 81.6. The highest BCUT2D eigenvalue weighted by molar-refractivity contribution is 6.27. The van der Waals surface area contributed by atoms with Crippen LogP contribution in [-0.2, 0) is 86.0 Å². The molecule has 0 aliphatic rings. The van der Waals surface area contributed by atoms with E-state index in [1.807, 2.05) is 0 Å². The Kier molecular flexibility index (Phi) is 47.7. The van der Waals surface area contributed by atoms with Crippen molar-refractivity contribution in [2.45, 2.75) is 38.5 Å². The summed E-state index contributed by atoms with van der Waals surface area (Å²) in [6.07, 6.45) is 23.1. The van der Waals surface area contributed by atoms with Gasteiger partial charge in [-0.1, -0.05) is 39.5 Å². The van der Waals surface area contributed by atoms with Crippen LogP contribution in [0.25, 0.3) is 32.3 Å². The van der Waals surface area contributed by atoms with Crippen LogP contribution in [0.4, 0.5) is 0 Å². The van der Waals surface area contributed by atoms with Crippen molar-refractivity contribution in [2.75, 3.05) is 119 Å². The SMILES string of the molecule is C=CC(=O)OCCCOc1ccc(OC/C=C/C(=O)Oc2cc3c4cc(OC(=O)/C=C/COc5ccc(OCCCOC(=O)C=C)cc5)c(OC(=O)/C=C/COc5ccc(OCCCOC(=O)C=C)cc5)cc4c4cc(OC(=O)/C=C/COc5ccc(OCCCOC(=O)C=C)cc5)c(OC(=O)/C=C/COc5ccc(OCCCOC(=O)C=C)cc5)cc4c3cc2OC(=O)/C=C/COc2ccc(OCCCOC(=O)C=C)cc2)cc1. The van der Waals surface area contributed by atoms with Gasteiger partial charge in [0, 0.05) is 111 Å². The van der Waals surface area contributed by atoms with Crippen molar-refractivity contribution in [1.82, 2.24) is 0 Å². The monoisotopic (exact) mass is 2050 g/mol. The van der Waals surface area contributed by atoms with E-state index in [9.17, 15) is 57.5 Å². The molecule has 10 aromatic carbocycles. The quantitative estimate of drug-likeness (QED) is 0.00853. The molecule has 36 nitrogen and oxygen atoms in total. The highest BCUT2D eigenvalue weighted by Gasteiger charge is 2.26. The number of benzene rings is 10. The summed E-state index contributed by atoms with van der Waals surface area (Å²) in [6.45, 7) is 21.2. The van der Waals surface area contributed by atoms with Crippen LogP contribution < -0.4 is 85.3 Å². The molecule has 0 fully saturated rings. The van der Waals surface area contributed by atoms with Crippen LogP contribution in [0.15, 0.2) is 331 Å². The molecule has 0 spiro atoms. The number of rotatable bonds is 66. The van der Waals surface area contributed by atoms with Gasteiger partial charge in [-0.15, -0.1) is 0 Å². The molecule has 0 aromatic heterocycles. The van der Waals surface area contributed by atoms with Gasteiger partial charge in [0.05, 0.1) is 79.3 Å². The Balaban J connectivity index is 1.05. The summed E-state index contributed by atoms with van der Waals surface area (Å²) in [5, 5.41) is 0.567. The maximum atomic E-state index is 14.5. The summed E-state index contributed by atoms with van der Waals surface area (Å²) in [5.41, 5.74) is 0. The lowest BCUT2D eigenvalue weighted by Crippen LogP contribution is -2.11. The minimum Gasteiger partial charge on any atom is -0.493 e. The number of esters is 12. The molecule has 0 bridgehead atoms. The lowest BCUT2D eigenvalue weighted by Gasteiger charge is -2.18. The van der Waals surface area contributed by atoms with E-state index in [0.29, 0.717) is 108 Å². The van der Waals surface area contributed by atoms with Gasteiger partial charge in [-0.25, -0.2) is 57.5 Å². The molecule has 0 atom stereocenters. The van der Waals surface area contributed by atoms with Crippen molar-refractivity contribution in [3.05, 3.63) is 331 Å². The number of ether oxygens (including phenoxy) is 24. The van der Waals surface area contributed by atoms with Gasteiger partial charge in [-0.05, 0) is 251 Å². The highest BCUT2D eigenvalue weighted by atomic mass is 16.6. The minimum atomic E-state index is -1.04. The molecule has 0 radical (unpaired) electrons. The van der Waals surface area contributed by atoms with Gasteiger partial charge in [0.15, 0.2) is 34.5 Å². The number of hydrogen-bond donors (Lipinski definition) is 0. The predicted molar refractivity (Wildman–Crippen MR) is 547 cm³/mol. The van der Waals surface area contributed by atoms with Crippen molar-refractivity contribution < 1.29 is 171 Å². The maximum absolute atomic E-state index is 14.5. The summed E-state index contributed by atoms with van der Waals surface area (Å²) >= 11 is 0. The number of carbonyl (C=O) groups excluding carboxylic acids is 12. The predicted octanol–water partition coefficient (Wildman–Crippen LogP) is 17.4. The van der Waals surface area contributed by atoms with Crippen LogP contribution in [0, 0.1) is 0 Å². The van der Waals surface area contributed by atoms with Crippen molar-refractivity contribution in [3.8, 4) is 103 Å². The molecule has 0 saturated heterocycles. The third kappa shape index (κ3) is 41.1. The normalized spacial score (nSPS) is 11.0. The van der Waals surface area contributed by atoms with Gasteiger partial charge in [0.2, 0.25) is 0 Å². The lowest BCUT2D eigenvalue weighted by atomic mass is 9.93. The fourth-order valence-corrected chi connectivity index (χ4v) is 12.8. The van der Waals surface area contributed by atoms with Crippen LogP contribution in [0.2, 0.25) is 0 Å². The van der Waals surface area contributed by atoms with E-state index in [2.05, 4.69) is 39.5 Å². The zero-order chi connectivity index (χ0) is 107. The molecule has 10 rings (SSSR count). The first-order chi connectivity index (χ1) is 73.0. The molecule has 0 heterocycles. The molecule has 0 N–H and O–H groups in total. The summed E-state index contributed by atoms with van der Waals surface area (Å²) in [6, 6.07) is 47.2. The van der Waals surface area contributed by atoms with Gasteiger partial charge in [-0.3, -0.25) is 0 Å². The lowest BCUT2D eigenvalue weighted by molar-refractivity contribution is -0.138. The standard InChI is InChI=1S/C114H108O36/c1-7-103(115)139-67-19-61-133-85-43-31-79(32-44-85)127-55-13-25-109(121)145-97-73-91-92(74-98(97)146-110(122)26-14-56-128-80-33-45-86(46-34-80)134-62-20-68-140-104(116)8-2)94-76-100(148-112(124)28-16-58-130-82-37-49-88(50-38-82)136-64-22-70-142-106(118)10-4)102(150-114(126)30-18-60-132-84-41-53-90(54-42-84)138-66-24-72-144-108(120)12-6)78-96(94)95-77-101(149-113(125)29-17-59-131-83-39-51-89(52-40-83)137-65-23-71-143-107(119)11-5)99(75-93(91)95)147-111(123)27-15-57-129-81-35-47-87(48-36-81)135-63-21-69-141-105(117)9-3/h7-18,25-54,73-78H,1-6,19-24,55-72H2/b25-13+,26-14+,27-15+,28-16+,29-17+,30-18+. The highest BCUT2D eigenvalue weighted by Crippen LogP contribution is 2.48. The van der Waals surface area contributed by atoms with E-state index >= 15 is 0 Å². The van der Waals surface area contributed by atoms with Crippen LogP contribution in [-0.4, -0.2) is 191 Å². The minimum absolute atomic E-state index is 0.0946. The van der Waals surface area contributed by atoms with Gasteiger partial charge in [0.1, 0.15) is 109 Å². The number of fused-ring (bicyclic) bond motifs is 6. The van der Waals surface area contributed by atoms with Gasteiger partial charge in [0.25, 0.3) is 0 Å². The Morgan fingerprint density at radius 1 is 0.167 bits per heavy atom. The summed E-state index contributed by atoms with van der Waals surface area (Å²) in [4.78, 5) is 156. The Labute approximate surface area is 862 Å². The van der Waals surface area contributed by atoms with E-state index in [4.69, 9.17) is 114 Å². The second-order valence-corrected chi connectivity index (χ2v) is 30.6. The number of carbonyl (C=O) groups is 12. The molecular weight excluding hydrogens is 1950 g/mol. The van der Waals surface area contributed by atoms with Crippen molar-refractivity contribution in [3.63, 3.8) is 0 Å². The second-order valence-electron chi connectivity index (χ2n) is 30.6. The molecule has 0 amide bonds. The number of hydrogen-bond acceptors (Lipinski definition) is 36. The first-order valence-corrected chi connectivity index (χ1v) is 46.8. The van der Waals surface area contributed by atoms with Gasteiger partial charge in [-0.2, -0.15) is 0 Å². The zero-order valence-electron chi connectivity index (χ0n) is 81.6. The molecule has 36 heteroatoms. The third-order valence-electron chi connectivity index (χ3n) is 19.7. The Hall–Kier alpha value is -18.9. The van der Waals surface area contributed by atoms with Crippen molar-refractivity contribution in [1.29, 1.82) is 0 Å². The largest absolute Gasteiger partial charge is 0.493 e. The smallest absolute Gasteiger partial charge is 0.336 e. The molecule has 0 aliphatic heterocycles. The van der Waals surface area contributed by atoms with E-state index in [-0.39, 0.29) is 151 Å². The van der Waals surface area contributed by atoms with Crippen LogP contribution in [0.3, 0.4) is 0 Å². The molecule has 10 aromatic rings. The summed E-state index contributed by atoms with van der Waals surface area (Å²) in [5.74, 6) is -6.98. The Bertz CT molecular complexity index is 5470. The van der Waals surface area contributed by atoms with Crippen LogP contribution in [0.1, 0.15) is 38.5 Å². The summed E-state index contributed by atoms with van der Waals surface area (Å²) in [7, 11) is 0. The average Bonchev–Trinajstić information content (AvgIpc) is 0.721. The fourth-order valence-electron chi connectivity index (χ4n) is 12.8.